The Bertz CT molecular complexity index is 2300. The summed E-state index contributed by atoms with van der Waals surface area (Å²) in [6.07, 6.45) is 1.81. The van der Waals surface area contributed by atoms with Gasteiger partial charge in [-0.15, -0.1) is 0 Å². The summed E-state index contributed by atoms with van der Waals surface area (Å²) >= 11 is 0. The van der Waals surface area contributed by atoms with Crippen LogP contribution in [0.1, 0.15) is 0 Å². The maximum Gasteiger partial charge on any atom is 0.236 e. The Morgan fingerprint density at radius 3 is 2.19 bits per heavy atom. The van der Waals surface area contributed by atoms with Gasteiger partial charge in [-0.05, 0) is 47.3 Å². The first-order chi connectivity index (χ1) is 20.8. The largest absolute Gasteiger partial charge is 0.452 e. The number of nitrogens with zero attached hydrogens (tertiary/aromatic N) is 4. The molecular weight excluding hydrogens is 516 g/mol. The number of anilines is 3. The zero-order valence-electron chi connectivity index (χ0n) is 22.4. The average Bonchev–Trinajstić information content (AvgIpc) is 3.44. The van der Waals surface area contributed by atoms with E-state index in [-0.39, 0.29) is 0 Å². The van der Waals surface area contributed by atoms with E-state index in [1.807, 2.05) is 42.6 Å². The van der Waals surface area contributed by atoms with Crippen molar-refractivity contribution in [2.75, 3.05) is 4.90 Å². The van der Waals surface area contributed by atoms with Crippen molar-refractivity contribution in [2.24, 2.45) is 0 Å². The van der Waals surface area contributed by atoms with E-state index in [2.05, 4.69) is 101 Å². The Kier molecular flexibility index (Phi) is 4.83. The molecule has 0 saturated carbocycles. The molecule has 0 unspecified atom stereocenters. The molecule has 0 spiro atoms. The smallest absolute Gasteiger partial charge is 0.236 e. The van der Waals surface area contributed by atoms with Gasteiger partial charge >= 0.3 is 0 Å². The summed E-state index contributed by atoms with van der Waals surface area (Å²) in [5.41, 5.74) is 10.4. The molecule has 0 saturated heterocycles. The van der Waals surface area contributed by atoms with Crippen molar-refractivity contribution in [3.63, 3.8) is 0 Å². The van der Waals surface area contributed by atoms with E-state index in [1.54, 1.807) is 0 Å². The van der Waals surface area contributed by atoms with Crippen molar-refractivity contribution < 1.29 is 4.42 Å². The predicted octanol–water partition coefficient (Wildman–Crippen LogP) is 9.71. The van der Waals surface area contributed by atoms with Gasteiger partial charge in [0.15, 0.2) is 5.58 Å². The number of rotatable bonds is 3. The molecule has 1 aliphatic heterocycles. The fraction of sp³-hybridized carbons (Fsp3) is 0. The second kappa shape index (κ2) is 8.85. The molecule has 5 nitrogen and oxygen atoms in total. The van der Waals surface area contributed by atoms with Crippen LogP contribution < -0.4 is 4.90 Å². The normalized spacial score (nSPS) is 12.2. The Morgan fingerprint density at radius 1 is 0.571 bits per heavy atom. The number of furan rings is 1. The molecule has 8 aromatic rings. The zero-order valence-corrected chi connectivity index (χ0v) is 22.4. The quantitative estimate of drug-likeness (QED) is 0.224. The maximum atomic E-state index is 6.42. The fourth-order valence-corrected chi connectivity index (χ4v) is 6.18. The zero-order chi connectivity index (χ0) is 27.6. The van der Waals surface area contributed by atoms with Gasteiger partial charge in [-0.3, -0.25) is 9.88 Å². The number of pyridine rings is 1. The highest BCUT2D eigenvalue weighted by molar-refractivity contribution is 6.14. The van der Waals surface area contributed by atoms with Crippen LogP contribution in [-0.2, 0) is 0 Å². The van der Waals surface area contributed by atoms with E-state index >= 15 is 0 Å². The minimum Gasteiger partial charge on any atom is -0.452 e. The molecule has 3 aromatic heterocycles. The summed E-state index contributed by atoms with van der Waals surface area (Å²) in [7, 11) is 0. The minimum atomic E-state index is 0.604. The van der Waals surface area contributed by atoms with Gasteiger partial charge < -0.3 is 4.42 Å². The highest BCUT2D eigenvalue weighted by atomic mass is 16.3. The SMILES string of the molecule is c1ccc(-c2ccc(-c3nc(N4c5ccccc5-c5cccc6cccc4c56)nc4c3oc3ccccc34)cc2)nc1. The fourth-order valence-electron chi connectivity index (χ4n) is 6.18. The van der Waals surface area contributed by atoms with Crippen LogP contribution in [0.2, 0.25) is 0 Å². The summed E-state index contributed by atoms with van der Waals surface area (Å²) < 4.78 is 6.42. The van der Waals surface area contributed by atoms with E-state index < -0.39 is 0 Å². The van der Waals surface area contributed by atoms with E-state index in [0.29, 0.717) is 11.5 Å². The van der Waals surface area contributed by atoms with E-state index in [0.717, 1.165) is 55.9 Å². The lowest BCUT2D eigenvalue weighted by atomic mass is 9.91. The van der Waals surface area contributed by atoms with Crippen molar-refractivity contribution in [3.8, 4) is 33.6 Å². The first-order valence-electron chi connectivity index (χ1n) is 14.0. The van der Waals surface area contributed by atoms with Gasteiger partial charge in [-0.2, -0.15) is 0 Å². The van der Waals surface area contributed by atoms with Crippen molar-refractivity contribution >= 4 is 50.2 Å². The number of fused-ring (bicyclic) bond motifs is 5. The molecule has 0 radical (unpaired) electrons. The van der Waals surface area contributed by atoms with Gasteiger partial charge in [0, 0.05) is 33.7 Å². The summed E-state index contributed by atoms with van der Waals surface area (Å²) in [6.45, 7) is 0. The standard InChI is InChI=1S/C37H22N4O/c1-3-15-30-26(11-1)27-13-7-9-24-10-8-16-31(33(24)27)41(30)37-39-34(36-35(40-37)28-12-2-4-17-32(28)42-36)25-20-18-23(19-21-25)29-14-5-6-22-38-29/h1-22H. The van der Waals surface area contributed by atoms with Crippen LogP contribution in [0.3, 0.4) is 0 Å². The molecule has 0 aliphatic carbocycles. The lowest BCUT2D eigenvalue weighted by Gasteiger charge is -2.32. The Labute approximate surface area is 241 Å². The Hall–Kier alpha value is -5.81. The number of hydrogen-bond acceptors (Lipinski definition) is 5. The van der Waals surface area contributed by atoms with Crippen LogP contribution in [-0.4, -0.2) is 15.0 Å². The predicted molar refractivity (Wildman–Crippen MR) is 169 cm³/mol. The highest BCUT2D eigenvalue weighted by Gasteiger charge is 2.29. The van der Waals surface area contributed by atoms with Crippen molar-refractivity contribution in [1.29, 1.82) is 0 Å². The number of aromatic nitrogens is 3. The number of benzene rings is 5. The van der Waals surface area contributed by atoms with Crippen LogP contribution in [0, 0.1) is 0 Å². The molecule has 4 heterocycles. The van der Waals surface area contributed by atoms with Gasteiger partial charge in [0.25, 0.3) is 0 Å². The molecule has 5 aromatic carbocycles. The molecule has 0 bridgehead atoms. The molecule has 5 heteroatoms. The molecule has 0 amide bonds. The van der Waals surface area contributed by atoms with Gasteiger partial charge in [0.2, 0.25) is 5.95 Å². The molecule has 0 atom stereocenters. The van der Waals surface area contributed by atoms with Crippen LogP contribution >= 0.6 is 0 Å². The lowest BCUT2D eigenvalue weighted by molar-refractivity contribution is 0.667. The van der Waals surface area contributed by atoms with E-state index in [1.165, 1.54) is 16.3 Å². The molecule has 1 aliphatic rings. The molecule has 0 N–H and O–H groups in total. The van der Waals surface area contributed by atoms with Crippen molar-refractivity contribution in [3.05, 3.63) is 134 Å². The third-order valence-corrected chi connectivity index (χ3v) is 8.09. The van der Waals surface area contributed by atoms with E-state index in [9.17, 15) is 0 Å². The summed E-state index contributed by atoms with van der Waals surface area (Å²) in [6, 6.07) is 43.7. The second-order valence-corrected chi connectivity index (χ2v) is 10.5. The van der Waals surface area contributed by atoms with Crippen LogP contribution in [0.4, 0.5) is 17.3 Å². The summed E-state index contributed by atoms with van der Waals surface area (Å²) in [5.74, 6) is 0.604. The number of hydrogen-bond donors (Lipinski definition) is 0. The first-order valence-corrected chi connectivity index (χ1v) is 14.0. The third kappa shape index (κ3) is 3.34. The molecule has 9 rings (SSSR count). The Balaban J connectivity index is 1.32. The van der Waals surface area contributed by atoms with Gasteiger partial charge in [-0.1, -0.05) is 91.0 Å². The second-order valence-electron chi connectivity index (χ2n) is 10.5. The van der Waals surface area contributed by atoms with Gasteiger partial charge in [-0.25, -0.2) is 9.97 Å². The highest BCUT2D eigenvalue weighted by Crippen LogP contribution is 2.50. The molecule has 42 heavy (non-hydrogen) atoms. The molecule has 196 valence electrons. The Morgan fingerprint density at radius 2 is 1.31 bits per heavy atom. The molecule has 0 fully saturated rings. The van der Waals surface area contributed by atoms with Gasteiger partial charge in [0.05, 0.1) is 17.1 Å². The summed E-state index contributed by atoms with van der Waals surface area (Å²) in [5, 5.41) is 3.34. The molecular formula is C37H22N4O. The lowest BCUT2D eigenvalue weighted by Crippen LogP contribution is -2.17. The van der Waals surface area contributed by atoms with Crippen LogP contribution in [0.25, 0.3) is 66.5 Å². The maximum absolute atomic E-state index is 6.42. The van der Waals surface area contributed by atoms with Crippen LogP contribution in [0.5, 0.6) is 0 Å². The van der Waals surface area contributed by atoms with Crippen molar-refractivity contribution in [1.82, 2.24) is 15.0 Å². The van der Waals surface area contributed by atoms with Crippen LogP contribution in [0.15, 0.2) is 138 Å². The monoisotopic (exact) mass is 538 g/mol. The summed E-state index contributed by atoms with van der Waals surface area (Å²) in [4.78, 5) is 17.2. The third-order valence-electron chi connectivity index (χ3n) is 8.09. The average molecular weight is 539 g/mol. The minimum absolute atomic E-state index is 0.604. The topological polar surface area (TPSA) is 55.1 Å². The van der Waals surface area contributed by atoms with Gasteiger partial charge in [0.1, 0.15) is 16.8 Å². The first kappa shape index (κ1) is 22.9. The van der Waals surface area contributed by atoms with E-state index in [4.69, 9.17) is 14.4 Å². The number of para-hydroxylation sites is 2. The van der Waals surface area contributed by atoms with Crippen molar-refractivity contribution in [2.45, 2.75) is 0 Å².